The first kappa shape index (κ1) is 11.8. The first-order chi connectivity index (χ1) is 7.83. The van der Waals surface area contributed by atoms with Crippen LogP contribution in [0.15, 0.2) is 0 Å². The van der Waals surface area contributed by atoms with E-state index < -0.39 is 0 Å². The molecule has 0 bridgehead atoms. The van der Waals surface area contributed by atoms with Crippen LogP contribution in [0.25, 0.3) is 0 Å². The molecule has 0 spiro atoms. The summed E-state index contributed by atoms with van der Waals surface area (Å²) >= 11 is 0. The van der Waals surface area contributed by atoms with Gasteiger partial charge in [-0.2, -0.15) is 5.26 Å². The largest absolute Gasteiger partial charge is 0.301 e. The van der Waals surface area contributed by atoms with Crippen molar-refractivity contribution in [2.45, 2.75) is 31.8 Å². The highest BCUT2D eigenvalue weighted by Gasteiger charge is 2.31. The summed E-state index contributed by atoms with van der Waals surface area (Å²) in [6, 6.07) is 3.22. The molecule has 0 radical (unpaired) electrons. The Morgan fingerprint density at radius 3 is 2.50 bits per heavy atom. The van der Waals surface area contributed by atoms with Crippen molar-refractivity contribution in [1.29, 1.82) is 5.26 Å². The van der Waals surface area contributed by atoms with Gasteiger partial charge in [0.25, 0.3) is 0 Å². The second kappa shape index (κ2) is 5.62. The van der Waals surface area contributed by atoms with Crippen molar-refractivity contribution in [2.75, 3.05) is 39.3 Å². The standard InChI is InChI=1S/C12H22N4/c1-2-14-11(9-13)10-15-5-7-16(8-6-15)12-3-4-12/h11-12,14H,2-8,10H2,1H3. The second-order valence-electron chi connectivity index (χ2n) is 4.81. The van der Waals surface area contributed by atoms with E-state index in [1.54, 1.807) is 0 Å². The summed E-state index contributed by atoms with van der Waals surface area (Å²) in [7, 11) is 0. The van der Waals surface area contributed by atoms with Gasteiger partial charge >= 0.3 is 0 Å². The van der Waals surface area contributed by atoms with E-state index in [0.29, 0.717) is 0 Å². The van der Waals surface area contributed by atoms with E-state index in [9.17, 15) is 0 Å². The van der Waals surface area contributed by atoms with Gasteiger partial charge in [-0.1, -0.05) is 6.92 Å². The van der Waals surface area contributed by atoms with Gasteiger partial charge in [-0.15, -0.1) is 0 Å². The molecule has 1 aliphatic heterocycles. The molecule has 90 valence electrons. The van der Waals surface area contributed by atoms with Gasteiger partial charge in [-0.05, 0) is 19.4 Å². The summed E-state index contributed by atoms with van der Waals surface area (Å²) in [5, 5.41) is 12.2. The molecule has 1 aliphatic carbocycles. The van der Waals surface area contributed by atoms with Crippen molar-refractivity contribution in [2.24, 2.45) is 0 Å². The quantitative estimate of drug-likeness (QED) is 0.725. The van der Waals surface area contributed by atoms with Crippen molar-refractivity contribution in [3.63, 3.8) is 0 Å². The Hall–Kier alpha value is -0.630. The first-order valence-corrected chi connectivity index (χ1v) is 6.43. The Morgan fingerprint density at radius 2 is 2.00 bits per heavy atom. The van der Waals surface area contributed by atoms with E-state index in [0.717, 1.165) is 32.2 Å². The number of hydrogen-bond acceptors (Lipinski definition) is 4. The van der Waals surface area contributed by atoms with E-state index in [1.807, 2.05) is 0 Å². The van der Waals surface area contributed by atoms with Crippen LogP contribution in [0.3, 0.4) is 0 Å². The van der Waals surface area contributed by atoms with E-state index in [1.165, 1.54) is 25.9 Å². The highest BCUT2D eigenvalue weighted by Crippen LogP contribution is 2.27. The predicted octanol–water partition coefficient (Wildman–Crippen LogP) is 0.268. The minimum atomic E-state index is -0.00234. The molecule has 2 rings (SSSR count). The lowest BCUT2D eigenvalue weighted by atomic mass is 10.2. The van der Waals surface area contributed by atoms with Crippen LogP contribution < -0.4 is 5.32 Å². The molecular weight excluding hydrogens is 200 g/mol. The molecule has 0 aromatic heterocycles. The molecule has 0 aromatic carbocycles. The summed E-state index contributed by atoms with van der Waals surface area (Å²) in [5.41, 5.74) is 0. The number of piperazine rings is 1. The minimum absolute atomic E-state index is 0.00234. The predicted molar refractivity (Wildman–Crippen MR) is 64.1 cm³/mol. The lowest BCUT2D eigenvalue weighted by Crippen LogP contribution is -2.50. The van der Waals surface area contributed by atoms with Crippen molar-refractivity contribution in [3.8, 4) is 6.07 Å². The van der Waals surface area contributed by atoms with Crippen LogP contribution in [0.4, 0.5) is 0 Å². The summed E-state index contributed by atoms with van der Waals surface area (Å²) in [6.07, 6.45) is 2.80. The minimum Gasteiger partial charge on any atom is -0.301 e. The number of likely N-dealkylation sites (N-methyl/N-ethyl adjacent to an activating group) is 1. The fraction of sp³-hybridized carbons (Fsp3) is 0.917. The topological polar surface area (TPSA) is 42.3 Å². The van der Waals surface area contributed by atoms with Crippen LogP contribution in [-0.2, 0) is 0 Å². The van der Waals surface area contributed by atoms with Crippen LogP contribution >= 0.6 is 0 Å². The molecule has 0 amide bonds. The van der Waals surface area contributed by atoms with Gasteiger partial charge in [0.1, 0.15) is 6.04 Å². The zero-order valence-electron chi connectivity index (χ0n) is 10.2. The third-order valence-corrected chi connectivity index (χ3v) is 3.52. The summed E-state index contributed by atoms with van der Waals surface area (Å²) in [4.78, 5) is 5.01. The maximum Gasteiger partial charge on any atom is 0.108 e. The molecule has 4 nitrogen and oxygen atoms in total. The summed E-state index contributed by atoms with van der Waals surface area (Å²) < 4.78 is 0. The van der Waals surface area contributed by atoms with Gasteiger partial charge in [0.2, 0.25) is 0 Å². The number of nitrogens with one attached hydrogen (secondary N) is 1. The first-order valence-electron chi connectivity index (χ1n) is 6.43. The molecule has 1 saturated carbocycles. The lowest BCUT2D eigenvalue weighted by Gasteiger charge is -2.35. The average molecular weight is 222 g/mol. The van der Waals surface area contributed by atoms with Gasteiger partial charge in [0, 0.05) is 38.8 Å². The maximum absolute atomic E-state index is 8.99. The van der Waals surface area contributed by atoms with Crippen LogP contribution in [0.2, 0.25) is 0 Å². The lowest BCUT2D eigenvalue weighted by molar-refractivity contribution is 0.122. The van der Waals surface area contributed by atoms with Crippen molar-refractivity contribution in [3.05, 3.63) is 0 Å². The molecular formula is C12H22N4. The van der Waals surface area contributed by atoms with E-state index in [4.69, 9.17) is 5.26 Å². The van der Waals surface area contributed by atoms with Gasteiger partial charge in [-0.3, -0.25) is 9.80 Å². The summed E-state index contributed by atoms with van der Waals surface area (Å²) in [5.74, 6) is 0. The molecule has 1 N–H and O–H groups in total. The highest BCUT2D eigenvalue weighted by atomic mass is 15.3. The van der Waals surface area contributed by atoms with Gasteiger partial charge < -0.3 is 5.32 Å². The zero-order valence-corrected chi connectivity index (χ0v) is 10.2. The molecule has 0 aromatic rings. The third kappa shape index (κ3) is 3.18. The zero-order chi connectivity index (χ0) is 11.4. The van der Waals surface area contributed by atoms with Crippen LogP contribution in [0, 0.1) is 11.3 Å². The Bertz CT molecular complexity index is 248. The normalized spacial score (nSPS) is 25.2. The molecule has 4 heteroatoms. The van der Waals surface area contributed by atoms with Crippen molar-refractivity contribution < 1.29 is 0 Å². The summed E-state index contributed by atoms with van der Waals surface area (Å²) in [6.45, 7) is 8.43. The molecule has 1 heterocycles. The van der Waals surface area contributed by atoms with Gasteiger partial charge in [0.05, 0.1) is 6.07 Å². The fourth-order valence-electron chi connectivity index (χ4n) is 2.41. The Labute approximate surface area is 98.2 Å². The van der Waals surface area contributed by atoms with Crippen LogP contribution in [0.1, 0.15) is 19.8 Å². The molecule has 1 saturated heterocycles. The molecule has 1 atom stereocenters. The van der Waals surface area contributed by atoms with Gasteiger partial charge in [0.15, 0.2) is 0 Å². The van der Waals surface area contributed by atoms with Crippen molar-refractivity contribution >= 4 is 0 Å². The van der Waals surface area contributed by atoms with Crippen molar-refractivity contribution in [1.82, 2.24) is 15.1 Å². The van der Waals surface area contributed by atoms with E-state index in [-0.39, 0.29) is 6.04 Å². The molecule has 16 heavy (non-hydrogen) atoms. The monoisotopic (exact) mass is 222 g/mol. The smallest absolute Gasteiger partial charge is 0.108 e. The molecule has 1 unspecified atom stereocenters. The number of rotatable bonds is 5. The van der Waals surface area contributed by atoms with Crippen LogP contribution in [-0.4, -0.2) is 61.2 Å². The number of nitriles is 1. The van der Waals surface area contributed by atoms with Crippen LogP contribution in [0.5, 0.6) is 0 Å². The third-order valence-electron chi connectivity index (χ3n) is 3.52. The highest BCUT2D eigenvalue weighted by molar-refractivity contribution is 4.94. The Morgan fingerprint density at radius 1 is 1.31 bits per heavy atom. The number of nitrogens with zero attached hydrogens (tertiary/aromatic N) is 3. The van der Waals surface area contributed by atoms with E-state index in [2.05, 4.69) is 28.1 Å². The van der Waals surface area contributed by atoms with Gasteiger partial charge in [-0.25, -0.2) is 0 Å². The fourth-order valence-corrected chi connectivity index (χ4v) is 2.41. The SMILES string of the molecule is CCNC(C#N)CN1CCN(C2CC2)CC1. The second-order valence-corrected chi connectivity index (χ2v) is 4.81. The molecule has 2 fully saturated rings. The Balaban J connectivity index is 1.69. The Kier molecular flexibility index (Phi) is 4.16. The maximum atomic E-state index is 8.99. The van der Waals surface area contributed by atoms with E-state index >= 15 is 0 Å². The molecule has 2 aliphatic rings. The average Bonchev–Trinajstić information content (AvgIpc) is 3.13. The number of hydrogen-bond donors (Lipinski definition) is 1.